The second kappa shape index (κ2) is 12.2. The van der Waals surface area contributed by atoms with Crippen molar-refractivity contribution in [3.05, 3.63) is 24.3 Å². The van der Waals surface area contributed by atoms with Crippen molar-refractivity contribution in [3.63, 3.8) is 0 Å². The third kappa shape index (κ3) is 7.34. The van der Waals surface area contributed by atoms with Crippen molar-refractivity contribution < 1.29 is 18.9 Å². The van der Waals surface area contributed by atoms with Gasteiger partial charge in [-0.2, -0.15) is 0 Å². The molecule has 27 heavy (non-hydrogen) atoms. The van der Waals surface area contributed by atoms with Crippen LogP contribution in [0.4, 0.5) is 0 Å². The second-order valence-corrected chi connectivity index (χ2v) is 6.39. The summed E-state index contributed by atoms with van der Waals surface area (Å²) in [6.07, 6.45) is 1.70. The van der Waals surface area contributed by atoms with E-state index in [1.807, 2.05) is 31.2 Å². The molecule has 1 aromatic carbocycles. The predicted octanol–water partition coefficient (Wildman–Crippen LogP) is 2.44. The number of guanidine groups is 1. The largest absolute Gasteiger partial charge is 0.493 e. The van der Waals surface area contributed by atoms with E-state index in [4.69, 9.17) is 18.9 Å². The summed E-state index contributed by atoms with van der Waals surface area (Å²) in [5, 5.41) is 6.64. The van der Waals surface area contributed by atoms with Gasteiger partial charge in [-0.05, 0) is 19.1 Å². The molecule has 1 aromatic rings. The van der Waals surface area contributed by atoms with Crippen LogP contribution in [0.15, 0.2) is 29.3 Å². The summed E-state index contributed by atoms with van der Waals surface area (Å²) in [6, 6.07) is 7.63. The Kier molecular flexibility index (Phi) is 10.8. The van der Waals surface area contributed by atoms with Crippen molar-refractivity contribution in [2.75, 3.05) is 47.6 Å². The van der Waals surface area contributed by atoms with Crippen LogP contribution in [0.3, 0.4) is 0 Å². The number of halogens is 1. The zero-order valence-electron chi connectivity index (χ0n) is 16.6. The quantitative estimate of drug-likeness (QED) is 0.330. The van der Waals surface area contributed by atoms with Crippen LogP contribution >= 0.6 is 24.0 Å². The maximum absolute atomic E-state index is 5.96. The lowest BCUT2D eigenvalue weighted by Gasteiger charge is -2.36. The Morgan fingerprint density at radius 3 is 2.44 bits per heavy atom. The molecule has 1 fully saturated rings. The molecule has 7 nitrogen and oxygen atoms in total. The van der Waals surface area contributed by atoms with Gasteiger partial charge in [0.25, 0.3) is 0 Å². The Labute approximate surface area is 179 Å². The molecule has 2 N–H and O–H groups in total. The topological polar surface area (TPSA) is 73.3 Å². The molecule has 1 saturated heterocycles. The fourth-order valence-corrected chi connectivity index (χ4v) is 2.88. The molecular formula is C19H32IN3O4. The fraction of sp³-hybridized carbons (Fsp3) is 0.632. The van der Waals surface area contributed by atoms with Crippen molar-refractivity contribution in [1.82, 2.24) is 10.6 Å². The highest BCUT2D eigenvalue weighted by atomic mass is 127. The number of nitrogens with zero attached hydrogens (tertiary/aromatic N) is 1. The first-order valence-electron chi connectivity index (χ1n) is 8.99. The number of rotatable bonds is 8. The van der Waals surface area contributed by atoms with Crippen LogP contribution in [-0.4, -0.2) is 65.2 Å². The minimum absolute atomic E-state index is 0. The van der Waals surface area contributed by atoms with Gasteiger partial charge in [-0.25, -0.2) is 0 Å². The smallest absolute Gasteiger partial charge is 0.191 e. The van der Waals surface area contributed by atoms with Crippen molar-refractivity contribution in [1.29, 1.82) is 0 Å². The van der Waals surface area contributed by atoms with E-state index in [0.29, 0.717) is 13.1 Å². The maximum Gasteiger partial charge on any atom is 0.191 e. The van der Waals surface area contributed by atoms with Crippen molar-refractivity contribution in [3.8, 4) is 11.5 Å². The molecule has 154 valence electrons. The van der Waals surface area contributed by atoms with Gasteiger partial charge in [-0.3, -0.25) is 4.99 Å². The number of methoxy groups -OCH3 is 2. The molecule has 0 amide bonds. The van der Waals surface area contributed by atoms with E-state index in [2.05, 4.69) is 15.6 Å². The fourth-order valence-electron chi connectivity index (χ4n) is 2.88. The third-order valence-electron chi connectivity index (χ3n) is 4.59. The Hall–Kier alpha value is -1.26. The SMILES string of the molecule is CN=C(NCC(C)Oc1ccccc1OC)NCC1(OC)CCOCC1.I. The van der Waals surface area contributed by atoms with Crippen LogP contribution in [0.5, 0.6) is 11.5 Å². The zero-order chi connectivity index (χ0) is 18.8. The molecule has 0 bridgehead atoms. The minimum Gasteiger partial charge on any atom is -0.493 e. The van der Waals surface area contributed by atoms with Crippen LogP contribution < -0.4 is 20.1 Å². The predicted molar refractivity (Wildman–Crippen MR) is 118 cm³/mol. The molecular weight excluding hydrogens is 461 g/mol. The minimum atomic E-state index is -0.199. The first-order valence-corrected chi connectivity index (χ1v) is 8.99. The lowest BCUT2D eigenvalue weighted by atomic mass is 9.94. The van der Waals surface area contributed by atoms with Crippen LogP contribution in [0.2, 0.25) is 0 Å². The number of nitrogens with one attached hydrogen (secondary N) is 2. The zero-order valence-corrected chi connectivity index (χ0v) is 18.9. The summed E-state index contributed by atoms with van der Waals surface area (Å²) in [7, 11) is 5.15. The maximum atomic E-state index is 5.96. The van der Waals surface area contributed by atoms with Crippen LogP contribution in [0, 0.1) is 0 Å². The van der Waals surface area contributed by atoms with Gasteiger partial charge >= 0.3 is 0 Å². The third-order valence-corrected chi connectivity index (χ3v) is 4.59. The van der Waals surface area contributed by atoms with E-state index < -0.39 is 0 Å². The molecule has 1 unspecified atom stereocenters. The molecule has 1 atom stereocenters. The van der Waals surface area contributed by atoms with E-state index in [1.54, 1.807) is 21.3 Å². The lowest BCUT2D eigenvalue weighted by molar-refractivity contribution is -0.0855. The van der Waals surface area contributed by atoms with Crippen molar-refractivity contribution >= 4 is 29.9 Å². The van der Waals surface area contributed by atoms with E-state index in [9.17, 15) is 0 Å². The van der Waals surface area contributed by atoms with Gasteiger partial charge in [0.2, 0.25) is 0 Å². The van der Waals surface area contributed by atoms with Gasteiger partial charge in [0.15, 0.2) is 17.5 Å². The lowest BCUT2D eigenvalue weighted by Crippen LogP contribution is -2.51. The monoisotopic (exact) mass is 493 g/mol. The summed E-state index contributed by atoms with van der Waals surface area (Å²) < 4.78 is 22.4. The molecule has 8 heteroatoms. The average Bonchev–Trinajstić information content (AvgIpc) is 2.69. The summed E-state index contributed by atoms with van der Waals surface area (Å²) in [4.78, 5) is 4.28. The first-order chi connectivity index (χ1) is 12.6. The van der Waals surface area contributed by atoms with Gasteiger partial charge < -0.3 is 29.6 Å². The molecule has 2 rings (SSSR count). The Balaban J connectivity index is 0.00000364. The molecule has 0 spiro atoms. The number of hydrogen-bond acceptors (Lipinski definition) is 5. The second-order valence-electron chi connectivity index (χ2n) is 6.39. The molecule has 0 saturated carbocycles. The van der Waals surface area contributed by atoms with E-state index in [0.717, 1.165) is 43.5 Å². The number of ether oxygens (including phenoxy) is 4. The highest BCUT2D eigenvalue weighted by molar-refractivity contribution is 14.0. The first kappa shape index (κ1) is 23.8. The molecule has 0 aromatic heterocycles. The standard InChI is InChI=1S/C19H31N3O4.HI/c1-15(26-17-8-6-5-7-16(17)23-3)13-21-18(20-2)22-14-19(24-4)9-11-25-12-10-19;/h5-8,15H,9-14H2,1-4H3,(H2,20,21,22);1H. The van der Waals surface area contributed by atoms with Gasteiger partial charge in [-0.15, -0.1) is 24.0 Å². The number of benzene rings is 1. The van der Waals surface area contributed by atoms with Crippen molar-refractivity contribution in [2.45, 2.75) is 31.5 Å². The Morgan fingerprint density at radius 2 is 1.85 bits per heavy atom. The van der Waals surface area contributed by atoms with E-state index in [1.165, 1.54) is 0 Å². The highest BCUT2D eigenvalue weighted by Gasteiger charge is 2.32. The average molecular weight is 493 g/mol. The summed E-state index contributed by atoms with van der Waals surface area (Å²) in [5.41, 5.74) is -0.199. The molecule has 1 aliphatic rings. The van der Waals surface area contributed by atoms with Gasteiger partial charge in [-0.1, -0.05) is 12.1 Å². The highest BCUT2D eigenvalue weighted by Crippen LogP contribution is 2.26. The summed E-state index contributed by atoms with van der Waals surface area (Å²) >= 11 is 0. The number of hydrogen-bond donors (Lipinski definition) is 2. The van der Waals surface area contributed by atoms with E-state index >= 15 is 0 Å². The van der Waals surface area contributed by atoms with Crippen molar-refractivity contribution in [2.24, 2.45) is 4.99 Å². The number of para-hydroxylation sites is 2. The normalized spacial score (nSPS) is 17.4. The molecule has 1 heterocycles. The van der Waals surface area contributed by atoms with Crippen LogP contribution in [0.1, 0.15) is 19.8 Å². The van der Waals surface area contributed by atoms with E-state index in [-0.39, 0.29) is 35.7 Å². The molecule has 0 radical (unpaired) electrons. The molecule has 1 aliphatic heterocycles. The Morgan fingerprint density at radius 1 is 1.19 bits per heavy atom. The summed E-state index contributed by atoms with van der Waals surface area (Å²) in [5.74, 6) is 2.18. The van der Waals surface area contributed by atoms with Crippen LogP contribution in [0.25, 0.3) is 0 Å². The van der Waals surface area contributed by atoms with Gasteiger partial charge in [0.1, 0.15) is 6.10 Å². The van der Waals surface area contributed by atoms with Gasteiger partial charge in [0.05, 0.1) is 19.3 Å². The molecule has 0 aliphatic carbocycles. The van der Waals surface area contributed by atoms with Gasteiger partial charge in [0, 0.05) is 46.8 Å². The Bertz CT molecular complexity index is 580. The number of aliphatic imine (C=N–C) groups is 1. The summed E-state index contributed by atoms with van der Waals surface area (Å²) in [6.45, 7) is 4.76. The van der Waals surface area contributed by atoms with Crippen LogP contribution in [-0.2, 0) is 9.47 Å².